The van der Waals surface area contributed by atoms with Crippen molar-refractivity contribution in [3.63, 3.8) is 0 Å². The van der Waals surface area contributed by atoms with E-state index in [1.54, 1.807) is 42.5 Å². The summed E-state index contributed by atoms with van der Waals surface area (Å²) in [5.74, 6) is -0.567. The molecule has 0 saturated carbocycles. The van der Waals surface area contributed by atoms with Gasteiger partial charge in [-0.2, -0.15) is 0 Å². The van der Waals surface area contributed by atoms with Gasteiger partial charge in [0.05, 0.1) is 16.3 Å². The molecule has 1 aromatic heterocycles. The van der Waals surface area contributed by atoms with E-state index in [0.29, 0.717) is 10.6 Å². The topological polar surface area (TPSA) is 105 Å². The number of hydrogen-bond donors (Lipinski definition) is 4. The number of hydrazine groups is 1. The van der Waals surface area contributed by atoms with Crippen molar-refractivity contribution in [1.82, 2.24) is 15.4 Å². The highest BCUT2D eigenvalue weighted by Gasteiger charge is 2.13. The second-order valence-corrected chi connectivity index (χ2v) is 5.56. The summed E-state index contributed by atoms with van der Waals surface area (Å²) < 4.78 is 13.8. The highest BCUT2D eigenvalue weighted by atomic mass is 35.5. The van der Waals surface area contributed by atoms with Crippen molar-refractivity contribution in [2.24, 2.45) is 0 Å². The van der Waals surface area contributed by atoms with Gasteiger partial charge in [0.25, 0.3) is 5.91 Å². The summed E-state index contributed by atoms with van der Waals surface area (Å²) in [5, 5.41) is 3.09. The highest BCUT2D eigenvalue weighted by molar-refractivity contribution is 6.33. The fourth-order valence-electron chi connectivity index (χ4n) is 2.11. The molecule has 2 aromatic carbocycles. The van der Waals surface area contributed by atoms with Crippen molar-refractivity contribution in [3.05, 3.63) is 71.3 Å². The Bertz CT molecular complexity index is 952. The van der Waals surface area contributed by atoms with Gasteiger partial charge in [-0.25, -0.2) is 14.4 Å². The molecule has 7 nitrogen and oxygen atoms in total. The maximum Gasteiger partial charge on any atom is 0.271 e. The van der Waals surface area contributed by atoms with E-state index in [0.717, 1.165) is 0 Å². The summed E-state index contributed by atoms with van der Waals surface area (Å²) in [6.07, 6.45) is 1.23. The van der Waals surface area contributed by atoms with Gasteiger partial charge in [0.2, 0.25) is 0 Å². The number of halogens is 2. The average molecular weight is 373 g/mol. The van der Waals surface area contributed by atoms with Crippen LogP contribution >= 0.6 is 11.6 Å². The van der Waals surface area contributed by atoms with Gasteiger partial charge >= 0.3 is 0 Å². The molecule has 3 aromatic rings. The molecule has 1 amide bonds. The zero-order chi connectivity index (χ0) is 18.5. The fraction of sp³-hybridized carbons (Fsp3) is 0. The van der Waals surface area contributed by atoms with Crippen LogP contribution in [-0.4, -0.2) is 15.9 Å². The number of carbonyl (C=O) groups excluding carboxylic acids is 1. The fourth-order valence-corrected chi connectivity index (χ4v) is 2.34. The average Bonchev–Trinajstić information content (AvgIpc) is 2.64. The molecule has 26 heavy (non-hydrogen) atoms. The van der Waals surface area contributed by atoms with Crippen LogP contribution in [0.4, 0.5) is 27.4 Å². The van der Waals surface area contributed by atoms with Gasteiger partial charge in [-0.1, -0.05) is 35.9 Å². The number of anilines is 4. The van der Waals surface area contributed by atoms with Crippen molar-refractivity contribution in [3.8, 4) is 0 Å². The molecule has 0 aliphatic heterocycles. The number of carbonyl (C=O) groups is 1. The highest BCUT2D eigenvalue weighted by Crippen LogP contribution is 2.26. The minimum atomic E-state index is -0.461. The smallest absolute Gasteiger partial charge is 0.271 e. The molecule has 1 heterocycles. The third-order valence-corrected chi connectivity index (χ3v) is 3.75. The summed E-state index contributed by atoms with van der Waals surface area (Å²) in [4.78, 5) is 20.1. The molecule has 0 aliphatic carbocycles. The van der Waals surface area contributed by atoms with Crippen molar-refractivity contribution in [2.45, 2.75) is 0 Å². The minimum absolute atomic E-state index is 0.107. The van der Waals surface area contributed by atoms with E-state index in [-0.39, 0.29) is 23.0 Å². The molecule has 5 N–H and O–H groups in total. The molecular formula is C17H14ClFN6O. The lowest BCUT2D eigenvalue weighted by molar-refractivity contribution is 0.0962. The Morgan fingerprint density at radius 1 is 1.04 bits per heavy atom. The van der Waals surface area contributed by atoms with E-state index < -0.39 is 11.7 Å². The Morgan fingerprint density at radius 2 is 1.73 bits per heavy atom. The molecular weight excluding hydrogens is 359 g/mol. The Hall–Kier alpha value is -3.39. The lowest BCUT2D eigenvalue weighted by atomic mass is 10.2. The summed E-state index contributed by atoms with van der Waals surface area (Å²) in [6.45, 7) is 0. The van der Waals surface area contributed by atoms with Gasteiger partial charge in [0, 0.05) is 0 Å². The number of amides is 1. The Kier molecular flexibility index (Phi) is 5.14. The van der Waals surface area contributed by atoms with Crippen molar-refractivity contribution in [2.75, 3.05) is 16.5 Å². The second-order valence-electron chi connectivity index (χ2n) is 5.15. The van der Waals surface area contributed by atoms with Crippen LogP contribution in [0, 0.1) is 5.82 Å². The largest absolute Gasteiger partial charge is 0.393 e. The lowest BCUT2D eigenvalue weighted by Crippen LogP contribution is -2.30. The van der Waals surface area contributed by atoms with Gasteiger partial charge in [-0.3, -0.25) is 15.6 Å². The number of aromatic nitrogens is 2. The normalized spacial score (nSPS) is 10.2. The first kappa shape index (κ1) is 17.4. The second kappa shape index (κ2) is 7.66. The van der Waals surface area contributed by atoms with E-state index in [2.05, 4.69) is 26.1 Å². The summed E-state index contributed by atoms with van der Waals surface area (Å²) in [7, 11) is 0. The molecule has 0 fully saturated rings. The van der Waals surface area contributed by atoms with Crippen molar-refractivity contribution in [1.29, 1.82) is 0 Å². The number of nitrogen functional groups attached to an aromatic ring is 1. The first-order chi connectivity index (χ1) is 12.6. The van der Waals surface area contributed by atoms with E-state index in [9.17, 15) is 9.18 Å². The summed E-state index contributed by atoms with van der Waals surface area (Å²) in [5.41, 5.74) is 11.7. The lowest BCUT2D eigenvalue weighted by Gasteiger charge is -2.13. The number of hydrogen-bond acceptors (Lipinski definition) is 6. The van der Waals surface area contributed by atoms with Crippen LogP contribution in [0.25, 0.3) is 0 Å². The van der Waals surface area contributed by atoms with Crippen LogP contribution < -0.4 is 21.9 Å². The molecule has 9 heteroatoms. The number of nitrogens with one attached hydrogen (secondary N) is 3. The predicted molar refractivity (Wildman–Crippen MR) is 98.7 cm³/mol. The van der Waals surface area contributed by atoms with Gasteiger partial charge in [0.15, 0.2) is 11.6 Å². The molecule has 0 bridgehead atoms. The summed E-state index contributed by atoms with van der Waals surface area (Å²) in [6, 6.07) is 12.7. The van der Waals surface area contributed by atoms with E-state index >= 15 is 0 Å². The van der Waals surface area contributed by atoms with Crippen LogP contribution in [0.5, 0.6) is 0 Å². The quantitative estimate of drug-likeness (QED) is 0.512. The van der Waals surface area contributed by atoms with Crippen molar-refractivity contribution >= 4 is 40.5 Å². The first-order valence-corrected chi connectivity index (χ1v) is 7.87. The first-order valence-electron chi connectivity index (χ1n) is 7.49. The van der Waals surface area contributed by atoms with Gasteiger partial charge < -0.3 is 11.1 Å². The van der Waals surface area contributed by atoms with E-state index in [1.807, 2.05) is 0 Å². The third-order valence-electron chi connectivity index (χ3n) is 3.42. The number of nitrogens with two attached hydrogens (primary N) is 1. The molecule has 0 saturated heterocycles. The third kappa shape index (κ3) is 3.81. The van der Waals surface area contributed by atoms with Gasteiger partial charge in [-0.05, 0) is 24.3 Å². The zero-order valence-electron chi connectivity index (χ0n) is 13.3. The maximum atomic E-state index is 13.8. The summed E-state index contributed by atoms with van der Waals surface area (Å²) >= 11 is 5.98. The van der Waals surface area contributed by atoms with Crippen molar-refractivity contribution < 1.29 is 9.18 Å². The Morgan fingerprint density at radius 3 is 2.50 bits per heavy atom. The van der Waals surface area contributed by atoms with Gasteiger partial charge in [0.1, 0.15) is 17.8 Å². The molecule has 3 rings (SSSR count). The number of nitrogens with zero attached hydrogens (tertiary/aromatic N) is 2. The SMILES string of the molecule is Nc1c(NNC(=O)c2ccccc2Cl)ncnc1Nc1ccccc1F. The van der Waals surface area contributed by atoms with Gasteiger partial charge in [-0.15, -0.1) is 0 Å². The van der Waals surface area contributed by atoms with Crippen LogP contribution in [0.2, 0.25) is 5.02 Å². The zero-order valence-corrected chi connectivity index (χ0v) is 14.1. The van der Waals surface area contributed by atoms with Crippen LogP contribution in [-0.2, 0) is 0 Å². The molecule has 0 radical (unpaired) electrons. The van der Waals surface area contributed by atoms with Crippen LogP contribution in [0.3, 0.4) is 0 Å². The predicted octanol–water partition coefficient (Wildman–Crippen LogP) is 3.35. The molecule has 0 spiro atoms. The minimum Gasteiger partial charge on any atom is -0.393 e. The Labute approximate surface area is 153 Å². The van der Waals surface area contributed by atoms with E-state index in [1.165, 1.54) is 12.4 Å². The van der Waals surface area contributed by atoms with Crippen LogP contribution in [0.1, 0.15) is 10.4 Å². The molecule has 0 atom stereocenters. The molecule has 132 valence electrons. The van der Waals surface area contributed by atoms with Crippen LogP contribution in [0.15, 0.2) is 54.9 Å². The van der Waals surface area contributed by atoms with E-state index in [4.69, 9.17) is 17.3 Å². The number of para-hydroxylation sites is 1. The Balaban J connectivity index is 1.74. The molecule has 0 unspecified atom stereocenters. The molecule has 0 aliphatic rings. The number of benzene rings is 2. The standard InChI is InChI=1S/C17H14ClFN6O/c18-11-6-2-1-5-10(11)17(26)25-24-16-14(20)15(21-9-22-16)23-13-8-4-3-7-12(13)19/h1-9H,20H2,(H,25,26)(H2,21,22,23,24). The maximum absolute atomic E-state index is 13.8. The monoisotopic (exact) mass is 372 g/mol. The number of rotatable bonds is 5.